The van der Waals surface area contributed by atoms with E-state index < -0.39 is 10.5 Å². The van der Waals surface area contributed by atoms with E-state index in [4.69, 9.17) is 11.1 Å². The van der Waals surface area contributed by atoms with Gasteiger partial charge in [-0.15, -0.1) is 0 Å². The van der Waals surface area contributed by atoms with E-state index in [9.17, 15) is 12.3 Å². The standard InChI is InChI=1S/C9H11FN2O3S/c1-6(9(11)12)7-2-4-8(5-3-7)15-16(10,13)14/h2-6H,1H3,(H3,11,12). The normalized spacial score (nSPS) is 13.1. The summed E-state index contributed by atoms with van der Waals surface area (Å²) >= 11 is 0. The van der Waals surface area contributed by atoms with Crippen LogP contribution in [0.1, 0.15) is 18.4 Å². The predicted octanol–water partition coefficient (Wildman–Crippen LogP) is 1.32. The number of amidine groups is 1. The van der Waals surface area contributed by atoms with E-state index in [1.807, 2.05) is 0 Å². The molecule has 0 amide bonds. The molecule has 0 spiro atoms. The number of rotatable bonds is 4. The third-order valence-electron chi connectivity index (χ3n) is 2.04. The Bertz CT molecular complexity index is 484. The fourth-order valence-corrected chi connectivity index (χ4v) is 1.45. The first-order valence-electron chi connectivity index (χ1n) is 4.37. The molecule has 1 aromatic carbocycles. The minimum absolute atomic E-state index is 0.00761. The molecule has 0 radical (unpaired) electrons. The predicted molar refractivity (Wildman–Crippen MR) is 57.4 cm³/mol. The SMILES string of the molecule is CC(C(=N)N)c1ccc(OS(=O)(=O)F)cc1. The summed E-state index contributed by atoms with van der Waals surface area (Å²) in [5.41, 5.74) is 6.02. The van der Waals surface area contributed by atoms with Gasteiger partial charge in [-0.25, -0.2) is 0 Å². The van der Waals surface area contributed by atoms with Crippen molar-refractivity contribution < 1.29 is 16.5 Å². The summed E-state index contributed by atoms with van der Waals surface area (Å²) in [6, 6.07) is 5.64. The quantitative estimate of drug-likeness (QED) is 0.476. The summed E-state index contributed by atoms with van der Waals surface area (Å²) in [5, 5.41) is 7.23. The first kappa shape index (κ1) is 12.4. The summed E-state index contributed by atoms with van der Waals surface area (Å²) in [6.45, 7) is 1.73. The second kappa shape index (κ2) is 4.48. The fourth-order valence-electron chi connectivity index (χ4n) is 1.11. The topological polar surface area (TPSA) is 93.2 Å². The first-order chi connectivity index (χ1) is 7.29. The monoisotopic (exact) mass is 246 g/mol. The van der Waals surface area contributed by atoms with Gasteiger partial charge in [0.05, 0.1) is 5.84 Å². The van der Waals surface area contributed by atoms with Crippen LogP contribution in [0.2, 0.25) is 0 Å². The lowest BCUT2D eigenvalue weighted by Gasteiger charge is -2.09. The van der Waals surface area contributed by atoms with Gasteiger partial charge in [0.15, 0.2) is 0 Å². The highest BCUT2D eigenvalue weighted by atomic mass is 32.3. The molecule has 3 N–H and O–H groups in total. The van der Waals surface area contributed by atoms with Gasteiger partial charge in [-0.3, -0.25) is 5.41 Å². The largest absolute Gasteiger partial charge is 0.488 e. The molecule has 0 heterocycles. The van der Waals surface area contributed by atoms with Crippen molar-refractivity contribution in [3.05, 3.63) is 29.8 Å². The van der Waals surface area contributed by atoms with Gasteiger partial charge >= 0.3 is 10.5 Å². The maximum Gasteiger partial charge on any atom is 0.488 e. The average Bonchev–Trinajstić information content (AvgIpc) is 2.15. The minimum Gasteiger partial charge on any atom is -0.387 e. The van der Waals surface area contributed by atoms with Crippen molar-refractivity contribution in [3.8, 4) is 5.75 Å². The maximum absolute atomic E-state index is 12.2. The van der Waals surface area contributed by atoms with Crippen molar-refractivity contribution in [3.63, 3.8) is 0 Å². The zero-order valence-electron chi connectivity index (χ0n) is 8.48. The van der Waals surface area contributed by atoms with Crippen molar-refractivity contribution in [2.24, 2.45) is 5.73 Å². The van der Waals surface area contributed by atoms with Crippen LogP contribution in [0.3, 0.4) is 0 Å². The van der Waals surface area contributed by atoms with Crippen LogP contribution in [-0.2, 0) is 10.5 Å². The summed E-state index contributed by atoms with van der Waals surface area (Å²) in [7, 11) is -4.99. The number of nitrogens with one attached hydrogen (secondary N) is 1. The van der Waals surface area contributed by atoms with Gasteiger partial charge in [0.2, 0.25) is 0 Å². The van der Waals surface area contributed by atoms with Crippen molar-refractivity contribution in [1.82, 2.24) is 0 Å². The summed E-state index contributed by atoms with van der Waals surface area (Å²) in [6.07, 6.45) is 0. The van der Waals surface area contributed by atoms with Crippen molar-refractivity contribution in [1.29, 1.82) is 5.41 Å². The Morgan fingerprint density at radius 2 is 1.94 bits per heavy atom. The molecule has 16 heavy (non-hydrogen) atoms. The molecule has 0 aliphatic rings. The van der Waals surface area contributed by atoms with E-state index in [0.29, 0.717) is 0 Å². The van der Waals surface area contributed by atoms with Gasteiger partial charge in [-0.2, -0.15) is 8.42 Å². The highest BCUT2D eigenvalue weighted by Crippen LogP contribution is 2.20. The summed E-state index contributed by atoms with van der Waals surface area (Å²) in [4.78, 5) is 0. The van der Waals surface area contributed by atoms with Crippen molar-refractivity contribution in [2.75, 3.05) is 0 Å². The highest BCUT2D eigenvalue weighted by Gasteiger charge is 2.11. The molecular weight excluding hydrogens is 235 g/mol. The van der Waals surface area contributed by atoms with Gasteiger partial charge in [-0.1, -0.05) is 22.9 Å². The number of halogens is 1. The van der Waals surface area contributed by atoms with E-state index in [0.717, 1.165) is 5.56 Å². The molecule has 7 heteroatoms. The second-order valence-corrected chi connectivity index (χ2v) is 4.18. The van der Waals surface area contributed by atoms with Gasteiger partial charge in [0, 0.05) is 5.92 Å². The van der Waals surface area contributed by atoms with Crippen LogP contribution in [0.4, 0.5) is 3.89 Å². The highest BCUT2D eigenvalue weighted by molar-refractivity contribution is 7.81. The fraction of sp³-hybridized carbons (Fsp3) is 0.222. The maximum atomic E-state index is 12.2. The van der Waals surface area contributed by atoms with Gasteiger partial charge < -0.3 is 9.92 Å². The van der Waals surface area contributed by atoms with Crippen LogP contribution in [0, 0.1) is 5.41 Å². The average molecular weight is 246 g/mol. The van der Waals surface area contributed by atoms with Crippen molar-refractivity contribution >= 4 is 16.3 Å². The molecule has 0 saturated carbocycles. The Morgan fingerprint density at radius 3 is 2.31 bits per heavy atom. The zero-order valence-corrected chi connectivity index (χ0v) is 9.29. The van der Waals surface area contributed by atoms with Crippen LogP contribution >= 0.6 is 0 Å². The Morgan fingerprint density at radius 1 is 1.44 bits per heavy atom. The van der Waals surface area contributed by atoms with Crippen LogP contribution in [0.25, 0.3) is 0 Å². The Hall–Kier alpha value is -1.63. The van der Waals surface area contributed by atoms with Gasteiger partial charge in [0.25, 0.3) is 0 Å². The Labute approximate surface area is 93.0 Å². The molecule has 1 atom stereocenters. The van der Waals surface area contributed by atoms with E-state index in [1.165, 1.54) is 24.3 Å². The molecule has 88 valence electrons. The smallest absolute Gasteiger partial charge is 0.387 e. The lowest BCUT2D eigenvalue weighted by atomic mass is 10.0. The van der Waals surface area contributed by atoms with E-state index in [2.05, 4.69) is 4.18 Å². The molecular formula is C9H11FN2O3S. The van der Waals surface area contributed by atoms with Crippen LogP contribution in [0.15, 0.2) is 24.3 Å². The molecule has 0 fully saturated rings. The molecule has 0 bridgehead atoms. The minimum atomic E-state index is -4.99. The van der Waals surface area contributed by atoms with Crippen LogP contribution < -0.4 is 9.92 Å². The summed E-state index contributed by atoms with van der Waals surface area (Å²) < 4.78 is 36.5. The molecule has 0 aliphatic carbocycles. The van der Waals surface area contributed by atoms with Crippen LogP contribution in [-0.4, -0.2) is 14.3 Å². The Balaban J connectivity index is 2.87. The van der Waals surface area contributed by atoms with E-state index >= 15 is 0 Å². The van der Waals surface area contributed by atoms with Crippen molar-refractivity contribution in [2.45, 2.75) is 12.8 Å². The first-order valence-corrected chi connectivity index (χ1v) is 5.68. The lowest BCUT2D eigenvalue weighted by Crippen LogP contribution is -2.17. The Kier molecular flexibility index (Phi) is 3.48. The number of nitrogens with two attached hydrogens (primary N) is 1. The van der Waals surface area contributed by atoms with E-state index in [1.54, 1.807) is 6.92 Å². The third kappa shape index (κ3) is 3.50. The number of hydrogen-bond donors (Lipinski definition) is 2. The molecule has 1 aromatic rings. The molecule has 0 aromatic heterocycles. The van der Waals surface area contributed by atoms with Crippen LogP contribution in [0.5, 0.6) is 5.75 Å². The zero-order chi connectivity index (χ0) is 12.3. The molecule has 0 saturated heterocycles. The molecule has 5 nitrogen and oxygen atoms in total. The third-order valence-corrected chi connectivity index (χ3v) is 2.43. The van der Waals surface area contributed by atoms with Gasteiger partial charge in [-0.05, 0) is 17.7 Å². The molecule has 1 rings (SSSR count). The molecule has 0 aliphatic heterocycles. The lowest BCUT2D eigenvalue weighted by molar-refractivity contribution is 0.440. The molecule has 1 unspecified atom stereocenters. The second-order valence-electron chi connectivity index (χ2n) is 3.22. The number of hydrogen-bond acceptors (Lipinski definition) is 4. The number of benzene rings is 1. The van der Waals surface area contributed by atoms with E-state index in [-0.39, 0.29) is 17.5 Å². The van der Waals surface area contributed by atoms with Gasteiger partial charge in [0.1, 0.15) is 5.75 Å². The summed E-state index contributed by atoms with van der Waals surface area (Å²) in [5.74, 6) is -0.412.